The van der Waals surface area contributed by atoms with Crippen molar-refractivity contribution < 1.29 is 9.59 Å². The number of urea groups is 1. The largest absolute Gasteiger partial charge is 0.334 e. The van der Waals surface area contributed by atoms with Gasteiger partial charge >= 0.3 is 6.03 Å². The normalized spacial score (nSPS) is 18.9. The van der Waals surface area contributed by atoms with Crippen LogP contribution < -0.4 is 10.2 Å². The van der Waals surface area contributed by atoms with Gasteiger partial charge in [-0.05, 0) is 17.9 Å². The van der Waals surface area contributed by atoms with Crippen LogP contribution in [0.25, 0.3) is 10.8 Å². The fourth-order valence-corrected chi connectivity index (χ4v) is 2.88. The van der Waals surface area contributed by atoms with Crippen LogP contribution in [0.5, 0.6) is 0 Å². The minimum absolute atomic E-state index is 0.0405. The second-order valence-electron chi connectivity index (χ2n) is 5.37. The molecule has 1 N–H and O–H groups in total. The van der Waals surface area contributed by atoms with Gasteiger partial charge in [-0.3, -0.25) is 4.79 Å². The average molecular weight is 282 g/mol. The molecule has 1 aliphatic heterocycles. The molecule has 108 valence electrons. The molecular weight excluding hydrogens is 264 g/mol. The van der Waals surface area contributed by atoms with E-state index in [1.54, 1.807) is 0 Å². The van der Waals surface area contributed by atoms with Crippen LogP contribution in [0.2, 0.25) is 0 Å². The van der Waals surface area contributed by atoms with Crippen molar-refractivity contribution in [3.05, 3.63) is 42.5 Å². The first kappa shape index (κ1) is 13.6. The number of hydrogen-bond donors (Lipinski definition) is 1. The molecule has 21 heavy (non-hydrogen) atoms. The zero-order chi connectivity index (χ0) is 14.8. The van der Waals surface area contributed by atoms with Gasteiger partial charge in [0.15, 0.2) is 0 Å². The number of nitrogens with zero attached hydrogens (tertiary/aromatic N) is 1. The predicted molar refractivity (Wildman–Crippen MR) is 83.3 cm³/mol. The third-order valence-corrected chi connectivity index (χ3v) is 3.85. The molecule has 2 aromatic rings. The molecule has 2 aromatic carbocycles. The van der Waals surface area contributed by atoms with Crippen LogP contribution in [0.4, 0.5) is 10.5 Å². The Kier molecular flexibility index (Phi) is 3.60. The molecule has 3 rings (SSSR count). The number of carbonyl (C=O) groups excluding carboxylic acids is 2. The second kappa shape index (κ2) is 5.56. The Bertz CT molecular complexity index is 673. The van der Waals surface area contributed by atoms with Crippen LogP contribution in [0.15, 0.2) is 42.5 Å². The number of benzene rings is 2. The highest BCUT2D eigenvalue weighted by Crippen LogP contribution is 2.29. The van der Waals surface area contributed by atoms with Gasteiger partial charge in [-0.1, -0.05) is 49.7 Å². The number of anilines is 1. The molecule has 0 saturated carbocycles. The molecule has 0 bridgehead atoms. The first-order valence-corrected chi connectivity index (χ1v) is 7.32. The van der Waals surface area contributed by atoms with E-state index in [-0.39, 0.29) is 18.0 Å². The fraction of sp³-hybridized carbons (Fsp3) is 0.294. The van der Waals surface area contributed by atoms with Crippen molar-refractivity contribution in [2.24, 2.45) is 0 Å². The van der Waals surface area contributed by atoms with E-state index in [1.807, 2.05) is 49.4 Å². The molecule has 0 aliphatic carbocycles. The molecule has 1 saturated heterocycles. The van der Waals surface area contributed by atoms with Crippen molar-refractivity contribution in [1.82, 2.24) is 5.32 Å². The molecule has 0 spiro atoms. The van der Waals surface area contributed by atoms with Crippen LogP contribution in [0.3, 0.4) is 0 Å². The highest BCUT2D eigenvalue weighted by Gasteiger charge is 2.33. The lowest BCUT2D eigenvalue weighted by Gasteiger charge is -2.31. The molecule has 1 aliphatic rings. The Morgan fingerprint density at radius 2 is 1.90 bits per heavy atom. The average Bonchev–Trinajstić information content (AvgIpc) is 2.47. The Hall–Kier alpha value is -2.36. The van der Waals surface area contributed by atoms with Gasteiger partial charge in [0.1, 0.15) is 0 Å². The minimum atomic E-state index is -0.318. The molecule has 1 atom stereocenters. The summed E-state index contributed by atoms with van der Waals surface area (Å²) in [5.41, 5.74) is 0.658. The van der Waals surface area contributed by atoms with Crippen molar-refractivity contribution >= 4 is 28.4 Å². The maximum Gasteiger partial charge on any atom is 0.328 e. The summed E-state index contributed by atoms with van der Waals surface area (Å²) in [6.07, 6.45) is 2.15. The minimum Gasteiger partial charge on any atom is -0.334 e. The monoisotopic (exact) mass is 282 g/mol. The first-order chi connectivity index (χ1) is 10.2. The lowest BCUT2D eigenvalue weighted by Crippen LogP contribution is -2.55. The van der Waals surface area contributed by atoms with Gasteiger partial charge in [0, 0.05) is 17.8 Å². The lowest BCUT2D eigenvalue weighted by atomic mass is 10.0. The number of carbonyl (C=O) groups is 2. The fourth-order valence-electron chi connectivity index (χ4n) is 2.88. The maximum absolute atomic E-state index is 12.4. The summed E-state index contributed by atoms with van der Waals surface area (Å²) in [4.78, 5) is 26.0. The summed E-state index contributed by atoms with van der Waals surface area (Å²) in [5, 5.41) is 4.86. The van der Waals surface area contributed by atoms with E-state index in [2.05, 4.69) is 5.32 Å². The summed E-state index contributed by atoms with van der Waals surface area (Å²) in [7, 11) is 0. The Balaban J connectivity index is 1.99. The van der Waals surface area contributed by atoms with Gasteiger partial charge in [-0.25, -0.2) is 9.69 Å². The number of imide groups is 1. The zero-order valence-corrected chi connectivity index (χ0v) is 12.0. The van der Waals surface area contributed by atoms with Crippen molar-refractivity contribution in [1.29, 1.82) is 0 Å². The summed E-state index contributed by atoms with van der Waals surface area (Å²) < 4.78 is 0. The number of rotatable bonds is 3. The molecule has 1 fully saturated rings. The molecule has 3 amide bonds. The van der Waals surface area contributed by atoms with Gasteiger partial charge in [0.25, 0.3) is 0 Å². The van der Waals surface area contributed by atoms with E-state index in [0.29, 0.717) is 12.1 Å². The van der Waals surface area contributed by atoms with E-state index in [1.165, 1.54) is 4.90 Å². The Morgan fingerprint density at radius 3 is 2.67 bits per heavy atom. The lowest BCUT2D eigenvalue weighted by molar-refractivity contribution is -0.119. The molecular formula is C17H18N2O2. The number of fused-ring (bicyclic) bond motifs is 1. The van der Waals surface area contributed by atoms with Gasteiger partial charge < -0.3 is 5.32 Å². The topological polar surface area (TPSA) is 49.4 Å². The van der Waals surface area contributed by atoms with Crippen molar-refractivity contribution in [2.75, 3.05) is 4.90 Å². The highest BCUT2D eigenvalue weighted by molar-refractivity contribution is 6.19. The predicted octanol–water partition coefficient (Wildman–Crippen LogP) is 3.45. The summed E-state index contributed by atoms with van der Waals surface area (Å²) in [6, 6.07) is 13.1. The first-order valence-electron chi connectivity index (χ1n) is 7.32. The van der Waals surface area contributed by atoms with Crippen LogP contribution in [0.1, 0.15) is 26.2 Å². The number of nitrogens with one attached hydrogen (secondary N) is 1. The Labute approximate surface area is 123 Å². The summed E-state index contributed by atoms with van der Waals surface area (Å²) >= 11 is 0. The van der Waals surface area contributed by atoms with Crippen molar-refractivity contribution in [3.63, 3.8) is 0 Å². The second-order valence-corrected chi connectivity index (χ2v) is 5.37. The SMILES string of the molecule is CCCC1CC(=O)N(c2cccc3ccccc23)C(=O)N1. The van der Waals surface area contributed by atoms with E-state index in [9.17, 15) is 9.59 Å². The van der Waals surface area contributed by atoms with Crippen LogP contribution >= 0.6 is 0 Å². The standard InChI is InChI=1S/C17H18N2O2/c1-2-6-13-11-16(20)19(17(21)18-13)15-10-5-8-12-7-3-4-9-14(12)15/h3-5,7-10,13H,2,6,11H2,1H3,(H,18,21). The third-order valence-electron chi connectivity index (χ3n) is 3.85. The maximum atomic E-state index is 12.4. The zero-order valence-electron chi connectivity index (χ0n) is 12.0. The van der Waals surface area contributed by atoms with Crippen molar-refractivity contribution in [3.8, 4) is 0 Å². The highest BCUT2D eigenvalue weighted by atomic mass is 16.2. The van der Waals surface area contributed by atoms with Crippen LogP contribution in [-0.2, 0) is 4.79 Å². The molecule has 4 nitrogen and oxygen atoms in total. The summed E-state index contributed by atoms with van der Waals surface area (Å²) in [5.74, 6) is -0.131. The van der Waals surface area contributed by atoms with Gasteiger partial charge in [0.05, 0.1) is 5.69 Å². The quantitative estimate of drug-likeness (QED) is 0.937. The van der Waals surface area contributed by atoms with Gasteiger partial charge in [-0.2, -0.15) is 0 Å². The van der Waals surface area contributed by atoms with E-state index >= 15 is 0 Å². The molecule has 0 aromatic heterocycles. The molecule has 1 heterocycles. The van der Waals surface area contributed by atoms with E-state index in [0.717, 1.165) is 23.6 Å². The smallest absolute Gasteiger partial charge is 0.328 e. The van der Waals surface area contributed by atoms with E-state index in [4.69, 9.17) is 0 Å². The Morgan fingerprint density at radius 1 is 1.14 bits per heavy atom. The third kappa shape index (κ3) is 2.49. The summed E-state index contributed by atoms with van der Waals surface area (Å²) in [6.45, 7) is 2.05. The number of amides is 3. The van der Waals surface area contributed by atoms with Crippen LogP contribution in [0, 0.1) is 0 Å². The number of hydrogen-bond acceptors (Lipinski definition) is 2. The molecule has 1 unspecified atom stereocenters. The molecule has 4 heteroatoms. The van der Waals surface area contributed by atoms with Gasteiger partial charge in [-0.15, -0.1) is 0 Å². The van der Waals surface area contributed by atoms with Gasteiger partial charge in [0.2, 0.25) is 5.91 Å². The van der Waals surface area contributed by atoms with Crippen LogP contribution in [-0.4, -0.2) is 18.0 Å². The van der Waals surface area contributed by atoms with E-state index < -0.39 is 0 Å². The molecule has 0 radical (unpaired) electrons. The van der Waals surface area contributed by atoms with Crippen molar-refractivity contribution in [2.45, 2.75) is 32.2 Å².